The standard InChI is InChI=1S/C32H20N2O3/c1-17(19-14-8-10-18-9-2-3-11-20(18)19)34-24-16-7-5-13-22(24)26-28-27(31(35)37-32(28)36)25-21-12-4-6-15-23(21)33-29(25)30(26)34/h2-17,33H,1H3. The minimum Gasteiger partial charge on any atom is -0.386 e. The van der Waals surface area contributed by atoms with Crippen LogP contribution < -0.4 is 0 Å². The summed E-state index contributed by atoms with van der Waals surface area (Å²) in [5.74, 6) is -1.17. The number of rotatable bonds is 2. The molecule has 1 atom stereocenters. The molecule has 0 fully saturated rings. The van der Waals surface area contributed by atoms with Gasteiger partial charge in [0.05, 0.1) is 28.2 Å². The average Bonchev–Trinajstić information content (AvgIpc) is 3.57. The van der Waals surface area contributed by atoms with Crippen molar-refractivity contribution < 1.29 is 14.3 Å². The Labute approximate surface area is 210 Å². The molecule has 0 aliphatic carbocycles. The Morgan fingerprint density at radius 2 is 1.35 bits per heavy atom. The number of benzene rings is 5. The quantitative estimate of drug-likeness (QED) is 0.206. The van der Waals surface area contributed by atoms with Gasteiger partial charge in [-0.2, -0.15) is 0 Å². The van der Waals surface area contributed by atoms with Crippen molar-refractivity contribution >= 4 is 66.3 Å². The molecule has 0 saturated heterocycles. The van der Waals surface area contributed by atoms with E-state index >= 15 is 0 Å². The van der Waals surface area contributed by atoms with Gasteiger partial charge in [0.1, 0.15) is 0 Å². The zero-order chi connectivity index (χ0) is 24.8. The van der Waals surface area contributed by atoms with Crippen molar-refractivity contribution in [3.63, 3.8) is 0 Å². The summed E-state index contributed by atoms with van der Waals surface area (Å²) >= 11 is 0. The number of nitrogens with one attached hydrogen (secondary N) is 1. The second-order valence-electron chi connectivity index (χ2n) is 9.70. The summed E-state index contributed by atoms with van der Waals surface area (Å²) in [6, 6.07) is 30.7. The predicted octanol–water partition coefficient (Wildman–Crippen LogP) is 7.50. The molecule has 37 heavy (non-hydrogen) atoms. The minimum absolute atomic E-state index is 0.0608. The first-order valence-corrected chi connectivity index (χ1v) is 12.4. The number of cyclic esters (lactones) is 2. The van der Waals surface area contributed by atoms with Crippen LogP contribution in [0.2, 0.25) is 0 Å². The number of carbonyl (C=O) groups excluding carboxylic acids is 2. The van der Waals surface area contributed by atoms with Crippen molar-refractivity contribution in [3.8, 4) is 0 Å². The molecule has 1 aliphatic heterocycles. The highest BCUT2D eigenvalue weighted by Gasteiger charge is 2.38. The molecule has 3 heterocycles. The normalized spacial score (nSPS) is 14.3. The van der Waals surface area contributed by atoms with Crippen LogP contribution in [0, 0.1) is 0 Å². The van der Waals surface area contributed by atoms with Gasteiger partial charge in [0, 0.05) is 32.6 Å². The van der Waals surface area contributed by atoms with E-state index in [1.807, 2.05) is 42.5 Å². The summed E-state index contributed by atoms with van der Waals surface area (Å²) in [6.07, 6.45) is 0. The fourth-order valence-corrected chi connectivity index (χ4v) is 6.34. The lowest BCUT2D eigenvalue weighted by Gasteiger charge is -2.20. The Morgan fingerprint density at radius 3 is 2.19 bits per heavy atom. The lowest BCUT2D eigenvalue weighted by molar-refractivity contribution is 0.0445. The van der Waals surface area contributed by atoms with Crippen molar-refractivity contribution in [2.45, 2.75) is 13.0 Å². The van der Waals surface area contributed by atoms with Crippen LogP contribution in [0.4, 0.5) is 0 Å². The Morgan fingerprint density at radius 1 is 0.703 bits per heavy atom. The maximum atomic E-state index is 13.2. The highest BCUT2D eigenvalue weighted by Crippen LogP contribution is 2.46. The number of fused-ring (bicyclic) bond motifs is 11. The number of nitrogens with zero attached hydrogens (tertiary/aromatic N) is 1. The van der Waals surface area contributed by atoms with E-state index < -0.39 is 11.9 Å². The summed E-state index contributed by atoms with van der Waals surface area (Å²) in [7, 11) is 0. The summed E-state index contributed by atoms with van der Waals surface area (Å²) in [6.45, 7) is 2.19. The molecule has 0 amide bonds. The number of ether oxygens (including phenoxy) is 1. The molecule has 8 rings (SSSR count). The van der Waals surface area contributed by atoms with E-state index in [1.165, 1.54) is 16.3 Å². The molecule has 176 valence electrons. The Hall–Kier alpha value is -4.90. The largest absolute Gasteiger partial charge is 0.386 e. The third kappa shape index (κ3) is 2.53. The van der Waals surface area contributed by atoms with Gasteiger partial charge in [0.25, 0.3) is 0 Å². The van der Waals surface area contributed by atoms with Crippen LogP contribution in [0.5, 0.6) is 0 Å². The average molecular weight is 481 g/mol. The maximum absolute atomic E-state index is 13.2. The number of aromatic amines is 1. The molecule has 0 radical (unpaired) electrons. The second-order valence-corrected chi connectivity index (χ2v) is 9.70. The molecule has 1 aliphatic rings. The van der Waals surface area contributed by atoms with Crippen LogP contribution in [-0.2, 0) is 4.74 Å². The van der Waals surface area contributed by atoms with Crippen molar-refractivity contribution in [1.29, 1.82) is 0 Å². The van der Waals surface area contributed by atoms with Crippen LogP contribution in [0.1, 0.15) is 39.2 Å². The van der Waals surface area contributed by atoms with Gasteiger partial charge >= 0.3 is 11.9 Å². The van der Waals surface area contributed by atoms with Crippen LogP contribution in [0.3, 0.4) is 0 Å². The molecule has 1 unspecified atom stereocenters. The van der Waals surface area contributed by atoms with Gasteiger partial charge in [0.15, 0.2) is 0 Å². The number of carbonyl (C=O) groups is 2. The van der Waals surface area contributed by atoms with Gasteiger partial charge < -0.3 is 14.3 Å². The van der Waals surface area contributed by atoms with Crippen LogP contribution >= 0.6 is 0 Å². The lowest BCUT2D eigenvalue weighted by Crippen LogP contribution is -2.08. The third-order valence-electron chi connectivity index (χ3n) is 7.86. The molecule has 0 bridgehead atoms. The van der Waals surface area contributed by atoms with Gasteiger partial charge in [-0.3, -0.25) is 0 Å². The molecule has 0 saturated carbocycles. The second kappa shape index (κ2) is 7.08. The third-order valence-corrected chi connectivity index (χ3v) is 7.86. The molecule has 7 aromatic rings. The monoisotopic (exact) mass is 480 g/mol. The fraction of sp³-hybridized carbons (Fsp3) is 0.0625. The summed E-state index contributed by atoms with van der Waals surface area (Å²) < 4.78 is 7.53. The van der Waals surface area contributed by atoms with E-state index in [9.17, 15) is 9.59 Å². The first-order chi connectivity index (χ1) is 18.1. The Bertz CT molecular complexity index is 2120. The zero-order valence-corrected chi connectivity index (χ0v) is 19.9. The molecule has 5 nitrogen and oxygen atoms in total. The van der Waals surface area contributed by atoms with E-state index in [1.54, 1.807) is 0 Å². The Balaban J connectivity index is 1.62. The summed E-state index contributed by atoms with van der Waals surface area (Å²) in [5, 5.41) is 5.69. The fourth-order valence-electron chi connectivity index (χ4n) is 6.34. The van der Waals surface area contributed by atoms with Crippen molar-refractivity contribution in [2.75, 3.05) is 0 Å². The van der Waals surface area contributed by atoms with Crippen LogP contribution in [-0.4, -0.2) is 21.5 Å². The molecule has 0 spiro atoms. The number of aromatic nitrogens is 2. The first kappa shape index (κ1) is 20.3. The molecule has 5 heteroatoms. The molecule has 2 aromatic heterocycles. The van der Waals surface area contributed by atoms with Gasteiger partial charge in [-0.15, -0.1) is 0 Å². The smallest absolute Gasteiger partial charge is 0.347 e. The molecular formula is C32H20N2O3. The van der Waals surface area contributed by atoms with Gasteiger partial charge in [-0.1, -0.05) is 78.9 Å². The molecular weight excluding hydrogens is 460 g/mol. The number of hydrogen-bond acceptors (Lipinski definition) is 3. The van der Waals surface area contributed by atoms with Gasteiger partial charge in [0.2, 0.25) is 0 Å². The summed E-state index contributed by atoms with van der Waals surface area (Å²) in [5.41, 5.74) is 5.54. The number of esters is 2. The number of hydrogen-bond donors (Lipinski definition) is 1. The number of para-hydroxylation sites is 2. The van der Waals surface area contributed by atoms with Crippen molar-refractivity contribution in [1.82, 2.24) is 9.55 Å². The molecule has 5 aromatic carbocycles. The number of H-pyrrole nitrogens is 1. The van der Waals surface area contributed by atoms with Crippen molar-refractivity contribution in [2.24, 2.45) is 0 Å². The SMILES string of the molecule is CC(c1cccc2ccccc12)n1c2ccccc2c2c3c(c4c5ccccc5[nH]c4c21)C(=O)OC3=O. The highest BCUT2D eigenvalue weighted by atomic mass is 16.6. The summed E-state index contributed by atoms with van der Waals surface area (Å²) in [4.78, 5) is 29.8. The van der Waals surface area contributed by atoms with E-state index in [0.29, 0.717) is 11.1 Å². The Kier molecular flexibility index (Phi) is 3.88. The van der Waals surface area contributed by atoms with Crippen LogP contribution in [0.15, 0.2) is 91.0 Å². The van der Waals surface area contributed by atoms with E-state index in [-0.39, 0.29) is 6.04 Å². The van der Waals surface area contributed by atoms with E-state index in [2.05, 4.69) is 65.0 Å². The van der Waals surface area contributed by atoms with Gasteiger partial charge in [-0.25, -0.2) is 9.59 Å². The van der Waals surface area contributed by atoms with Crippen molar-refractivity contribution in [3.05, 3.63) is 108 Å². The van der Waals surface area contributed by atoms with Gasteiger partial charge in [-0.05, 0) is 35.4 Å². The lowest BCUT2D eigenvalue weighted by atomic mass is 9.96. The highest BCUT2D eigenvalue weighted by molar-refractivity contribution is 6.36. The maximum Gasteiger partial charge on any atom is 0.347 e. The molecule has 1 N–H and O–H groups in total. The zero-order valence-electron chi connectivity index (χ0n) is 19.9. The first-order valence-electron chi connectivity index (χ1n) is 12.4. The topological polar surface area (TPSA) is 64.1 Å². The predicted molar refractivity (Wildman–Crippen MR) is 146 cm³/mol. The van der Waals surface area contributed by atoms with Crippen LogP contribution in [0.25, 0.3) is 54.4 Å². The minimum atomic E-state index is -0.587. The van der Waals surface area contributed by atoms with E-state index in [0.717, 1.165) is 43.6 Å². The van der Waals surface area contributed by atoms with E-state index in [4.69, 9.17) is 4.74 Å².